The first-order valence-corrected chi connectivity index (χ1v) is 12.7. The van der Waals surface area contributed by atoms with Crippen molar-refractivity contribution in [3.05, 3.63) is 52.5 Å². The fourth-order valence-corrected chi connectivity index (χ4v) is 6.13. The van der Waals surface area contributed by atoms with E-state index >= 15 is 0 Å². The molecule has 0 bridgehead atoms. The van der Waals surface area contributed by atoms with Gasteiger partial charge in [0.1, 0.15) is 22.3 Å². The van der Waals surface area contributed by atoms with Gasteiger partial charge in [-0.05, 0) is 68.4 Å². The molecule has 2 fully saturated rings. The Hall–Kier alpha value is -2.61. The third-order valence-electron chi connectivity index (χ3n) is 5.63. The molecule has 1 amide bonds. The number of pyridine rings is 1. The number of hydrogen-bond donors (Lipinski definition) is 2. The van der Waals surface area contributed by atoms with Crippen LogP contribution in [-0.2, 0) is 9.84 Å². The van der Waals surface area contributed by atoms with E-state index in [0.717, 1.165) is 18.6 Å². The van der Waals surface area contributed by atoms with Crippen LogP contribution in [0.3, 0.4) is 0 Å². The zero-order valence-corrected chi connectivity index (χ0v) is 20.2. The van der Waals surface area contributed by atoms with Crippen LogP contribution in [0, 0.1) is 23.1 Å². The number of aromatic nitrogens is 1. The summed E-state index contributed by atoms with van der Waals surface area (Å²) < 4.78 is 44.3. The van der Waals surface area contributed by atoms with Crippen LogP contribution < -0.4 is 10.1 Å². The summed E-state index contributed by atoms with van der Waals surface area (Å²) in [6, 6.07) is 8.62. The third-order valence-corrected chi connectivity index (χ3v) is 8.55. The normalized spacial score (nSPS) is 20.4. The number of rotatable bonds is 6. The van der Waals surface area contributed by atoms with Crippen molar-refractivity contribution in [1.29, 1.82) is 5.26 Å². The number of nitrogens with one attached hydrogen (secondary N) is 1. The maximum Gasteiger partial charge on any atom is 0.405 e. The number of hydrogen-bond acceptors (Lipinski definition) is 6. The number of benzene rings is 1. The second kappa shape index (κ2) is 10.8. The van der Waals surface area contributed by atoms with Crippen LogP contribution in [0.1, 0.15) is 32.1 Å². The van der Waals surface area contributed by atoms with Gasteiger partial charge in [-0.25, -0.2) is 22.6 Å². The minimum Gasteiger partial charge on any atom is -0.492 e. The van der Waals surface area contributed by atoms with E-state index < -0.39 is 32.5 Å². The van der Waals surface area contributed by atoms with Gasteiger partial charge in [-0.2, -0.15) is 5.26 Å². The molecule has 0 aliphatic heterocycles. The average Bonchev–Trinajstić information content (AvgIpc) is 3.36. The SMILES string of the molecule is N#CC1(NC(=O)O)CC1.O=S(=O)(c1ccc(F)cc1Cl)[C@H]1CC[C@@H](COc2ccc(Cl)nc2)C1. The molecule has 2 aliphatic rings. The highest BCUT2D eigenvalue weighted by molar-refractivity contribution is 7.92. The van der Waals surface area contributed by atoms with Gasteiger partial charge in [-0.3, -0.25) is 0 Å². The molecule has 2 aromatic rings. The van der Waals surface area contributed by atoms with E-state index in [1.54, 1.807) is 12.1 Å². The number of amides is 1. The Balaban J connectivity index is 0.000000302. The molecular formula is C22H22Cl2FN3O5S. The predicted octanol–water partition coefficient (Wildman–Crippen LogP) is 4.86. The number of nitriles is 1. The van der Waals surface area contributed by atoms with Crippen molar-refractivity contribution in [2.24, 2.45) is 5.92 Å². The quantitative estimate of drug-likeness (QED) is 0.403. The lowest BCUT2D eigenvalue weighted by Gasteiger charge is -2.14. The molecule has 1 heterocycles. The minimum absolute atomic E-state index is 0.0102. The second-order valence-corrected chi connectivity index (χ2v) is 11.2. The Bertz CT molecular complexity index is 1180. The summed E-state index contributed by atoms with van der Waals surface area (Å²) in [6.45, 7) is 0.409. The highest BCUT2D eigenvalue weighted by Crippen LogP contribution is 2.36. The first kappa shape index (κ1) is 26.0. The van der Waals surface area contributed by atoms with Gasteiger partial charge in [-0.15, -0.1) is 0 Å². The standard InChI is InChI=1S/C17H16Cl2FNO3S.C5H6N2O2/c18-15-8-12(20)2-5-16(15)25(22,23)14-4-1-11(7-14)10-24-13-3-6-17(19)21-9-13;6-3-5(1-2-5)7-4(8)9/h2-3,5-6,8-9,11,14H,1,4,7,10H2;7H,1-2H2,(H,8,9)/t11-,14+;/m1./s1. The number of nitrogens with zero attached hydrogens (tertiary/aromatic N) is 2. The summed E-state index contributed by atoms with van der Waals surface area (Å²) >= 11 is 11.6. The van der Waals surface area contributed by atoms with Crippen molar-refractivity contribution in [2.75, 3.05) is 6.61 Å². The molecule has 12 heteroatoms. The monoisotopic (exact) mass is 529 g/mol. The molecule has 8 nitrogen and oxygen atoms in total. The van der Waals surface area contributed by atoms with Crippen LogP contribution in [0.5, 0.6) is 5.75 Å². The minimum atomic E-state index is -3.59. The van der Waals surface area contributed by atoms with Crippen molar-refractivity contribution in [3.8, 4) is 11.8 Å². The van der Waals surface area contributed by atoms with Crippen LogP contribution in [0.25, 0.3) is 0 Å². The fraction of sp³-hybridized carbons (Fsp3) is 0.409. The Morgan fingerprint density at radius 1 is 1.29 bits per heavy atom. The number of ether oxygens (including phenoxy) is 1. The zero-order valence-electron chi connectivity index (χ0n) is 17.9. The van der Waals surface area contributed by atoms with Crippen molar-refractivity contribution in [1.82, 2.24) is 10.3 Å². The van der Waals surface area contributed by atoms with E-state index in [2.05, 4.69) is 10.3 Å². The van der Waals surface area contributed by atoms with E-state index in [0.29, 0.717) is 43.2 Å². The first-order valence-electron chi connectivity index (χ1n) is 10.4. The van der Waals surface area contributed by atoms with Gasteiger partial charge in [0.05, 0.1) is 34.0 Å². The Morgan fingerprint density at radius 3 is 2.56 bits per heavy atom. The summed E-state index contributed by atoms with van der Waals surface area (Å²) in [5.74, 6) is 0.158. The van der Waals surface area contributed by atoms with Crippen molar-refractivity contribution < 1.29 is 27.4 Å². The van der Waals surface area contributed by atoms with Crippen LogP contribution in [-0.4, -0.2) is 42.0 Å². The maximum absolute atomic E-state index is 13.2. The zero-order chi connectivity index (χ0) is 24.9. The molecular weight excluding hydrogens is 508 g/mol. The van der Waals surface area contributed by atoms with E-state index in [-0.39, 0.29) is 15.8 Å². The summed E-state index contributed by atoms with van der Waals surface area (Å²) in [5, 5.41) is 18.4. The molecule has 0 radical (unpaired) electrons. The highest BCUT2D eigenvalue weighted by Gasteiger charge is 2.44. The first-order chi connectivity index (χ1) is 16.0. The third kappa shape index (κ3) is 6.72. The molecule has 2 aliphatic carbocycles. The molecule has 34 heavy (non-hydrogen) atoms. The number of sulfone groups is 1. The molecule has 4 rings (SSSR count). The molecule has 0 spiro atoms. The second-order valence-electron chi connectivity index (χ2n) is 8.17. The molecule has 0 saturated heterocycles. The lowest BCUT2D eigenvalue weighted by Crippen LogP contribution is -2.33. The molecule has 1 aromatic carbocycles. The van der Waals surface area contributed by atoms with Crippen molar-refractivity contribution >= 4 is 39.1 Å². The average molecular weight is 530 g/mol. The Labute approximate surface area is 206 Å². The molecule has 2 N–H and O–H groups in total. The molecule has 2 atom stereocenters. The lowest BCUT2D eigenvalue weighted by molar-refractivity contribution is 0.191. The number of carbonyl (C=O) groups is 1. The van der Waals surface area contributed by atoms with Crippen molar-refractivity contribution in [3.63, 3.8) is 0 Å². The van der Waals surface area contributed by atoms with E-state index in [9.17, 15) is 17.6 Å². The Kier molecular flexibility index (Phi) is 8.23. The van der Waals surface area contributed by atoms with Crippen LogP contribution in [0.4, 0.5) is 9.18 Å². The molecule has 1 aromatic heterocycles. The topological polar surface area (TPSA) is 129 Å². The van der Waals surface area contributed by atoms with Crippen LogP contribution in [0.2, 0.25) is 10.2 Å². The predicted molar refractivity (Wildman–Crippen MR) is 123 cm³/mol. The van der Waals surface area contributed by atoms with Gasteiger partial charge >= 0.3 is 6.09 Å². The van der Waals surface area contributed by atoms with E-state index in [4.69, 9.17) is 38.3 Å². The van der Waals surface area contributed by atoms with E-state index in [1.807, 2.05) is 6.07 Å². The summed E-state index contributed by atoms with van der Waals surface area (Å²) in [6.07, 6.45) is 3.47. The molecule has 2 saturated carbocycles. The van der Waals surface area contributed by atoms with Crippen LogP contribution >= 0.6 is 23.2 Å². The van der Waals surface area contributed by atoms with Crippen molar-refractivity contribution in [2.45, 2.75) is 47.8 Å². The van der Waals surface area contributed by atoms with E-state index in [1.165, 1.54) is 12.3 Å². The van der Waals surface area contributed by atoms with Gasteiger partial charge in [0, 0.05) is 0 Å². The van der Waals surface area contributed by atoms with Gasteiger partial charge < -0.3 is 15.2 Å². The Morgan fingerprint density at radius 2 is 2.03 bits per heavy atom. The molecule has 0 unspecified atom stereocenters. The maximum atomic E-state index is 13.2. The fourth-order valence-electron chi connectivity index (χ4n) is 3.60. The number of halogens is 3. The van der Waals surface area contributed by atoms with Gasteiger partial charge in [-0.1, -0.05) is 23.2 Å². The smallest absolute Gasteiger partial charge is 0.405 e. The molecule has 182 valence electrons. The lowest BCUT2D eigenvalue weighted by atomic mass is 10.1. The van der Waals surface area contributed by atoms with Gasteiger partial charge in [0.25, 0.3) is 0 Å². The van der Waals surface area contributed by atoms with Gasteiger partial charge in [0.15, 0.2) is 9.84 Å². The summed E-state index contributed by atoms with van der Waals surface area (Å²) in [7, 11) is -3.59. The largest absolute Gasteiger partial charge is 0.492 e. The highest BCUT2D eigenvalue weighted by atomic mass is 35.5. The number of carboxylic acid groups (broad SMARTS) is 1. The summed E-state index contributed by atoms with van der Waals surface area (Å²) in [5.41, 5.74) is -0.730. The summed E-state index contributed by atoms with van der Waals surface area (Å²) in [4.78, 5) is 13.9. The van der Waals surface area contributed by atoms with Gasteiger partial charge in [0.2, 0.25) is 0 Å². The van der Waals surface area contributed by atoms with Crippen LogP contribution in [0.15, 0.2) is 41.4 Å².